The maximum absolute atomic E-state index is 10.5. The van der Waals surface area contributed by atoms with Gasteiger partial charge in [0.25, 0.3) is 0 Å². The van der Waals surface area contributed by atoms with Crippen molar-refractivity contribution in [2.45, 2.75) is 19.6 Å². The number of rotatable bonds is 0. The Bertz CT molecular complexity index is 107. The van der Waals surface area contributed by atoms with Crippen LogP contribution in [0.4, 0.5) is 0 Å². The van der Waals surface area contributed by atoms with Gasteiger partial charge in [0.05, 0.1) is 6.61 Å². The highest BCUT2D eigenvalue weighted by molar-refractivity contribution is 5.01. The van der Waals surface area contributed by atoms with Crippen LogP contribution in [0.15, 0.2) is 11.6 Å². The van der Waals surface area contributed by atoms with Gasteiger partial charge in [-0.3, -0.25) is 0 Å². The second kappa shape index (κ2) is 2.29. The van der Waals surface area contributed by atoms with Crippen LogP contribution in [0.5, 0.6) is 0 Å². The average molecular weight is 113 g/mol. The van der Waals surface area contributed by atoms with Gasteiger partial charge < -0.3 is 4.74 Å². The van der Waals surface area contributed by atoms with E-state index in [9.17, 15) is 5.11 Å². The van der Waals surface area contributed by atoms with E-state index in [0.717, 1.165) is 12.0 Å². The molecule has 45 valence electrons. The maximum atomic E-state index is 10.5. The molecular formula is C6H9O2. The Labute approximate surface area is 48.8 Å². The Hall–Kier alpha value is -0.340. The van der Waals surface area contributed by atoms with Crippen molar-refractivity contribution >= 4 is 0 Å². The lowest BCUT2D eigenvalue weighted by molar-refractivity contribution is -0.111. The zero-order valence-corrected chi connectivity index (χ0v) is 4.89. The van der Waals surface area contributed by atoms with Gasteiger partial charge in [-0.1, -0.05) is 5.57 Å². The highest BCUT2D eigenvalue weighted by atomic mass is 16.6. The van der Waals surface area contributed by atoms with Crippen molar-refractivity contribution < 1.29 is 9.84 Å². The van der Waals surface area contributed by atoms with Crippen LogP contribution in [0.25, 0.3) is 0 Å². The van der Waals surface area contributed by atoms with E-state index in [1.807, 2.05) is 6.92 Å². The van der Waals surface area contributed by atoms with Crippen molar-refractivity contribution in [2.24, 2.45) is 0 Å². The van der Waals surface area contributed by atoms with Crippen LogP contribution in [0.1, 0.15) is 13.3 Å². The van der Waals surface area contributed by atoms with Crippen molar-refractivity contribution in [3.63, 3.8) is 0 Å². The van der Waals surface area contributed by atoms with Gasteiger partial charge in [-0.05, 0) is 19.4 Å². The Balaban J connectivity index is 2.50. The Morgan fingerprint density at radius 2 is 2.62 bits per heavy atom. The molecule has 0 aromatic heterocycles. The molecule has 0 bridgehead atoms. The molecule has 1 unspecified atom stereocenters. The molecule has 1 aliphatic rings. The predicted octanol–water partition coefficient (Wildman–Crippen LogP) is 1.11. The van der Waals surface area contributed by atoms with E-state index in [0.29, 0.717) is 6.61 Å². The first-order chi connectivity index (χ1) is 3.79. The van der Waals surface area contributed by atoms with E-state index in [1.54, 1.807) is 6.08 Å². The average Bonchev–Trinajstić information content (AvgIpc) is 1.64. The molecular weight excluding hydrogens is 104 g/mol. The molecule has 2 heteroatoms. The lowest BCUT2D eigenvalue weighted by atomic mass is 10.2. The van der Waals surface area contributed by atoms with E-state index in [1.165, 1.54) is 0 Å². The molecule has 1 heterocycles. The first-order valence-corrected chi connectivity index (χ1v) is 2.74. The van der Waals surface area contributed by atoms with Gasteiger partial charge in [-0.25, -0.2) is 0 Å². The summed E-state index contributed by atoms with van der Waals surface area (Å²) in [5.41, 5.74) is 1.15. The fourth-order valence-corrected chi connectivity index (χ4v) is 0.700. The summed E-state index contributed by atoms with van der Waals surface area (Å²) in [6.07, 6.45) is 1.63. The summed E-state index contributed by atoms with van der Waals surface area (Å²) in [7, 11) is 0. The van der Waals surface area contributed by atoms with E-state index >= 15 is 0 Å². The summed E-state index contributed by atoms with van der Waals surface area (Å²) in [6.45, 7) is 2.55. The largest absolute Gasteiger partial charge is 0.346 e. The second-order valence-corrected chi connectivity index (χ2v) is 2.00. The minimum Gasteiger partial charge on any atom is -0.346 e. The summed E-state index contributed by atoms with van der Waals surface area (Å²) in [6, 6.07) is 0. The van der Waals surface area contributed by atoms with Gasteiger partial charge in [-0.2, -0.15) is 5.11 Å². The van der Waals surface area contributed by atoms with Crippen LogP contribution in [0.2, 0.25) is 0 Å². The quantitative estimate of drug-likeness (QED) is 0.432. The van der Waals surface area contributed by atoms with Gasteiger partial charge >= 0.3 is 0 Å². The number of hydrogen-bond donors (Lipinski definition) is 0. The van der Waals surface area contributed by atoms with Crippen molar-refractivity contribution in [2.75, 3.05) is 6.61 Å². The molecule has 0 fully saturated rings. The molecule has 0 saturated carbocycles. The third kappa shape index (κ3) is 1.32. The van der Waals surface area contributed by atoms with E-state index in [-0.39, 0.29) is 0 Å². The second-order valence-electron chi connectivity index (χ2n) is 2.00. The molecule has 1 radical (unpaired) electrons. The van der Waals surface area contributed by atoms with Crippen molar-refractivity contribution in [3.05, 3.63) is 11.6 Å². The normalized spacial score (nSPS) is 29.8. The lowest BCUT2D eigenvalue weighted by Gasteiger charge is -2.12. The monoisotopic (exact) mass is 113 g/mol. The van der Waals surface area contributed by atoms with Crippen LogP contribution < -0.4 is 0 Å². The molecule has 0 aromatic carbocycles. The van der Waals surface area contributed by atoms with Crippen LogP contribution in [-0.4, -0.2) is 12.9 Å². The Morgan fingerprint density at radius 3 is 3.00 bits per heavy atom. The van der Waals surface area contributed by atoms with Crippen LogP contribution in [-0.2, 0) is 9.84 Å². The smallest absolute Gasteiger partial charge is 0.210 e. The highest BCUT2D eigenvalue weighted by Gasteiger charge is 2.07. The molecule has 0 spiro atoms. The first kappa shape index (κ1) is 5.79. The molecule has 2 nitrogen and oxygen atoms in total. The zero-order valence-electron chi connectivity index (χ0n) is 4.89. The van der Waals surface area contributed by atoms with Crippen LogP contribution in [0.3, 0.4) is 0 Å². The van der Waals surface area contributed by atoms with Crippen molar-refractivity contribution in [3.8, 4) is 0 Å². The molecule has 0 aliphatic carbocycles. The van der Waals surface area contributed by atoms with E-state index in [2.05, 4.69) is 0 Å². The number of ether oxygens (including phenoxy) is 1. The molecule has 0 N–H and O–H groups in total. The summed E-state index contributed by atoms with van der Waals surface area (Å²) in [5.74, 6) is 0. The standard InChI is InChI=1S/C6H9O2/c1-5-2-3-8-6(7)4-5/h4,6H,2-3H2,1H3. The molecule has 1 atom stereocenters. The SMILES string of the molecule is CC1=CC([O])OCC1. The lowest BCUT2D eigenvalue weighted by Crippen LogP contribution is -2.13. The zero-order chi connectivity index (χ0) is 5.98. The van der Waals surface area contributed by atoms with Crippen molar-refractivity contribution in [1.29, 1.82) is 0 Å². The third-order valence-corrected chi connectivity index (χ3v) is 1.20. The van der Waals surface area contributed by atoms with Crippen molar-refractivity contribution in [1.82, 2.24) is 0 Å². The summed E-state index contributed by atoms with van der Waals surface area (Å²) in [5, 5.41) is 10.5. The van der Waals surface area contributed by atoms with Gasteiger partial charge in [0.15, 0.2) is 0 Å². The summed E-state index contributed by atoms with van der Waals surface area (Å²) in [4.78, 5) is 0. The molecule has 1 rings (SSSR count). The molecule has 0 amide bonds. The van der Waals surface area contributed by atoms with E-state index in [4.69, 9.17) is 4.74 Å². The molecule has 8 heavy (non-hydrogen) atoms. The number of hydrogen-bond acceptors (Lipinski definition) is 1. The summed E-state index contributed by atoms with van der Waals surface area (Å²) >= 11 is 0. The topological polar surface area (TPSA) is 29.1 Å². The molecule has 1 aliphatic heterocycles. The van der Waals surface area contributed by atoms with E-state index < -0.39 is 6.29 Å². The highest BCUT2D eigenvalue weighted by Crippen LogP contribution is 2.09. The van der Waals surface area contributed by atoms with Crippen LogP contribution in [0, 0.1) is 0 Å². The van der Waals surface area contributed by atoms with Gasteiger partial charge in [0.1, 0.15) is 0 Å². The third-order valence-electron chi connectivity index (χ3n) is 1.20. The van der Waals surface area contributed by atoms with Crippen LogP contribution >= 0.6 is 0 Å². The minimum absolute atomic E-state index is 0.594. The Morgan fingerprint density at radius 1 is 1.88 bits per heavy atom. The Kier molecular flexibility index (Phi) is 1.65. The first-order valence-electron chi connectivity index (χ1n) is 2.74. The molecule has 0 aromatic rings. The van der Waals surface area contributed by atoms with Gasteiger partial charge in [-0.15, -0.1) is 0 Å². The predicted molar refractivity (Wildman–Crippen MR) is 28.8 cm³/mol. The fourth-order valence-electron chi connectivity index (χ4n) is 0.700. The minimum atomic E-state index is -0.899. The van der Waals surface area contributed by atoms with Gasteiger partial charge in [0.2, 0.25) is 6.29 Å². The fraction of sp³-hybridized carbons (Fsp3) is 0.667. The summed E-state index contributed by atoms with van der Waals surface area (Å²) < 4.78 is 4.72. The molecule has 0 saturated heterocycles. The maximum Gasteiger partial charge on any atom is 0.210 e. The van der Waals surface area contributed by atoms with Gasteiger partial charge in [0, 0.05) is 0 Å².